The number of benzene rings is 1. The van der Waals surface area contributed by atoms with Crippen LogP contribution < -0.4 is 5.32 Å². The third-order valence-electron chi connectivity index (χ3n) is 4.10. The van der Waals surface area contributed by atoms with Crippen molar-refractivity contribution >= 4 is 17.8 Å². The van der Waals surface area contributed by atoms with Crippen LogP contribution in [0.25, 0.3) is 0 Å². The third-order valence-corrected chi connectivity index (χ3v) is 4.99. The molecule has 1 fully saturated rings. The van der Waals surface area contributed by atoms with E-state index >= 15 is 0 Å². The van der Waals surface area contributed by atoms with Crippen LogP contribution in [0.4, 0.5) is 4.79 Å². The van der Waals surface area contributed by atoms with Gasteiger partial charge < -0.3 is 15.3 Å². The van der Waals surface area contributed by atoms with Crippen molar-refractivity contribution in [3.63, 3.8) is 0 Å². The Morgan fingerprint density at radius 1 is 1.45 bits per heavy atom. The van der Waals surface area contributed by atoms with Crippen LogP contribution in [0.1, 0.15) is 38.3 Å². The van der Waals surface area contributed by atoms with E-state index in [9.17, 15) is 9.90 Å². The summed E-state index contributed by atoms with van der Waals surface area (Å²) < 4.78 is 0. The number of aliphatic hydroxyl groups is 1. The van der Waals surface area contributed by atoms with Crippen molar-refractivity contribution in [1.29, 1.82) is 0 Å². The highest BCUT2D eigenvalue weighted by Gasteiger charge is 2.24. The number of likely N-dealkylation sites (tertiary alicyclic amines) is 1. The predicted molar refractivity (Wildman–Crippen MR) is 91.2 cm³/mol. The van der Waals surface area contributed by atoms with Gasteiger partial charge in [0.05, 0.1) is 6.04 Å². The molecular weight excluding hydrogens is 296 g/mol. The van der Waals surface area contributed by atoms with Crippen LogP contribution in [-0.2, 0) is 0 Å². The average molecular weight is 322 g/mol. The monoisotopic (exact) mass is 322 g/mol. The summed E-state index contributed by atoms with van der Waals surface area (Å²) in [6.07, 6.45) is 1.97. The van der Waals surface area contributed by atoms with Gasteiger partial charge >= 0.3 is 6.03 Å². The molecule has 0 aliphatic carbocycles. The molecule has 2 atom stereocenters. The Hall–Kier alpha value is -1.20. The minimum absolute atomic E-state index is 0.0114. The number of carbonyl (C=O) groups is 1. The van der Waals surface area contributed by atoms with Crippen LogP contribution in [0.3, 0.4) is 0 Å². The number of hydrogen-bond acceptors (Lipinski definition) is 3. The molecule has 0 radical (unpaired) electrons. The Morgan fingerprint density at radius 2 is 2.18 bits per heavy atom. The first-order chi connectivity index (χ1) is 10.6. The van der Waals surface area contributed by atoms with Crippen molar-refractivity contribution in [3.05, 3.63) is 29.8 Å². The number of nitrogens with zero attached hydrogens (tertiary/aromatic N) is 1. The first kappa shape index (κ1) is 17.2. The number of nitrogens with one attached hydrogen (secondary N) is 1. The Morgan fingerprint density at radius 3 is 2.82 bits per heavy atom. The molecule has 1 aliphatic heterocycles. The Balaban J connectivity index is 1.90. The minimum Gasteiger partial charge on any atom is -0.396 e. The number of rotatable bonds is 5. The van der Waals surface area contributed by atoms with E-state index < -0.39 is 0 Å². The molecular formula is C17H26N2O2S. The Labute approximate surface area is 137 Å². The van der Waals surface area contributed by atoms with Gasteiger partial charge in [0.25, 0.3) is 0 Å². The van der Waals surface area contributed by atoms with E-state index in [-0.39, 0.29) is 24.6 Å². The molecule has 0 spiro atoms. The highest BCUT2D eigenvalue weighted by Crippen LogP contribution is 2.21. The van der Waals surface area contributed by atoms with Crippen molar-refractivity contribution in [2.45, 2.75) is 37.6 Å². The zero-order valence-electron chi connectivity index (χ0n) is 13.4. The number of carbonyl (C=O) groups excluding carboxylic acids is 1. The van der Waals surface area contributed by atoms with Crippen LogP contribution in [-0.4, -0.2) is 41.5 Å². The fourth-order valence-corrected chi connectivity index (χ4v) is 3.44. The lowest BCUT2D eigenvalue weighted by atomic mass is 9.99. The van der Waals surface area contributed by atoms with Crippen LogP contribution in [0.2, 0.25) is 0 Å². The molecule has 1 heterocycles. The van der Waals surface area contributed by atoms with Gasteiger partial charge in [0.15, 0.2) is 0 Å². The lowest BCUT2D eigenvalue weighted by molar-refractivity contribution is 0.128. The molecule has 0 saturated carbocycles. The van der Waals surface area contributed by atoms with E-state index in [4.69, 9.17) is 0 Å². The normalized spacial score (nSPS) is 19.8. The summed E-state index contributed by atoms with van der Waals surface area (Å²) in [5.74, 6) is 1.28. The van der Waals surface area contributed by atoms with Gasteiger partial charge in [-0.1, -0.05) is 19.1 Å². The summed E-state index contributed by atoms with van der Waals surface area (Å²) in [4.78, 5) is 15.4. The zero-order valence-corrected chi connectivity index (χ0v) is 14.2. The summed E-state index contributed by atoms with van der Waals surface area (Å²) in [5, 5.41) is 12.3. The second kappa shape index (κ2) is 8.44. The largest absolute Gasteiger partial charge is 0.396 e. The molecule has 0 unspecified atom stereocenters. The number of piperidine rings is 1. The SMILES string of the molecule is CCSc1ccc([C@@H](C)NC(=O)N2CCC[C@@H](CO)C2)cc1. The maximum absolute atomic E-state index is 12.3. The fraction of sp³-hybridized carbons (Fsp3) is 0.588. The van der Waals surface area contributed by atoms with E-state index in [2.05, 4.69) is 36.5 Å². The fourth-order valence-electron chi connectivity index (χ4n) is 2.78. The maximum Gasteiger partial charge on any atom is 0.317 e. The Bertz CT molecular complexity index is 478. The van der Waals surface area contributed by atoms with E-state index in [1.165, 1.54) is 4.90 Å². The molecule has 0 aromatic heterocycles. The summed E-state index contributed by atoms with van der Waals surface area (Å²) >= 11 is 1.82. The van der Waals surface area contributed by atoms with Gasteiger partial charge in [-0.05, 0) is 49.1 Å². The highest BCUT2D eigenvalue weighted by molar-refractivity contribution is 7.99. The van der Waals surface area contributed by atoms with Gasteiger partial charge in [0.1, 0.15) is 0 Å². The van der Waals surface area contributed by atoms with E-state index in [0.29, 0.717) is 6.54 Å². The summed E-state index contributed by atoms with van der Waals surface area (Å²) in [7, 11) is 0. The second-order valence-corrected chi connectivity index (χ2v) is 7.15. The molecule has 1 aromatic rings. The lowest BCUT2D eigenvalue weighted by Crippen LogP contribution is -2.46. The van der Waals surface area contributed by atoms with Crippen molar-refractivity contribution < 1.29 is 9.90 Å². The number of aliphatic hydroxyl groups excluding tert-OH is 1. The Kier molecular flexibility index (Phi) is 6.58. The number of amides is 2. The first-order valence-corrected chi connectivity index (χ1v) is 9.01. The summed E-state index contributed by atoms with van der Waals surface area (Å²) in [5.41, 5.74) is 1.12. The molecule has 5 heteroatoms. The summed E-state index contributed by atoms with van der Waals surface area (Å²) in [6.45, 7) is 5.74. The van der Waals surface area contributed by atoms with Gasteiger partial charge in [-0.3, -0.25) is 0 Å². The smallest absolute Gasteiger partial charge is 0.317 e. The second-order valence-electron chi connectivity index (χ2n) is 5.81. The number of thioether (sulfide) groups is 1. The van der Waals surface area contributed by atoms with Crippen LogP contribution in [0, 0.1) is 5.92 Å². The van der Waals surface area contributed by atoms with Crippen LogP contribution in [0.5, 0.6) is 0 Å². The van der Waals surface area contributed by atoms with E-state index in [1.807, 2.05) is 23.6 Å². The molecule has 1 aromatic carbocycles. The van der Waals surface area contributed by atoms with Crippen molar-refractivity contribution in [2.75, 3.05) is 25.4 Å². The number of hydrogen-bond donors (Lipinski definition) is 2. The molecule has 2 rings (SSSR count). The van der Waals surface area contributed by atoms with E-state index in [1.54, 1.807) is 0 Å². The molecule has 2 N–H and O–H groups in total. The van der Waals surface area contributed by atoms with Gasteiger partial charge in [0, 0.05) is 24.6 Å². The topological polar surface area (TPSA) is 52.6 Å². The standard InChI is InChI=1S/C17H26N2O2S/c1-3-22-16-8-6-15(7-9-16)13(2)18-17(21)19-10-4-5-14(11-19)12-20/h6-9,13-14,20H,3-5,10-12H2,1-2H3,(H,18,21)/t13-,14-/m1/s1. The van der Waals surface area contributed by atoms with Gasteiger partial charge in [-0.2, -0.15) is 0 Å². The van der Waals surface area contributed by atoms with Gasteiger partial charge in [-0.25, -0.2) is 4.79 Å². The molecule has 0 bridgehead atoms. The van der Waals surface area contributed by atoms with Gasteiger partial charge in [-0.15, -0.1) is 11.8 Å². The first-order valence-electron chi connectivity index (χ1n) is 8.03. The molecule has 1 saturated heterocycles. The minimum atomic E-state index is -0.0299. The molecule has 4 nitrogen and oxygen atoms in total. The van der Waals surface area contributed by atoms with Crippen molar-refractivity contribution in [1.82, 2.24) is 10.2 Å². The maximum atomic E-state index is 12.3. The zero-order chi connectivity index (χ0) is 15.9. The number of urea groups is 1. The average Bonchev–Trinajstić information content (AvgIpc) is 2.55. The molecule has 2 amide bonds. The lowest BCUT2D eigenvalue weighted by Gasteiger charge is -2.32. The van der Waals surface area contributed by atoms with Crippen molar-refractivity contribution in [3.8, 4) is 0 Å². The van der Waals surface area contributed by atoms with Crippen LogP contribution >= 0.6 is 11.8 Å². The van der Waals surface area contributed by atoms with Crippen LogP contribution in [0.15, 0.2) is 29.2 Å². The van der Waals surface area contributed by atoms with Crippen molar-refractivity contribution in [2.24, 2.45) is 5.92 Å². The predicted octanol–water partition coefficient (Wildman–Crippen LogP) is 3.27. The highest BCUT2D eigenvalue weighted by atomic mass is 32.2. The third kappa shape index (κ3) is 4.65. The van der Waals surface area contributed by atoms with Gasteiger partial charge in [0.2, 0.25) is 0 Å². The quantitative estimate of drug-likeness (QED) is 0.818. The van der Waals surface area contributed by atoms with E-state index in [0.717, 1.165) is 30.7 Å². The molecule has 22 heavy (non-hydrogen) atoms. The molecule has 1 aliphatic rings. The molecule has 122 valence electrons. The summed E-state index contributed by atoms with van der Waals surface area (Å²) in [6, 6.07) is 8.33.